The van der Waals surface area contributed by atoms with Gasteiger partial charge in [-0.25, -0.2) is 4.68 Å². The van der Waals surface area contributed by atoms with Gasteiger partial charge in [0.2, 0.25) is 5.88 Å². The Morgan fingerprint density at radius 1 is 0.955 bits per heavy atom. The van der Waals surface area contributed by atoms with Crippen LogP contribution in [0.4, 0.5) is 0 Å². The summed E-state index contributed by atoms with van der Waals surface area (Å²) in [5.74, 6) is 0.423. The second-order valence-electron chi connectivity index (χ2n) is 5.85. The minimum atomic E-state index is 0.193. The first-order valence-corrected chi connectivity index (χ1v) is 7.52. The van der Waals surface area contributed by atoms with E-state index in [1.807, 2.05) is 61.5 Å². The molecule has 0 atom stereocenters. The van der Waals surface area contributed by atoms with Crippen LogP contribution in [0.2, 0.25) is 0 Å². The van der Waals surface area contributed by atoms with Crippen LogP contribution < -0.4 is 0 Å². The van der Waals surface area contributed by atoms with Gasteiger partial charge >= 0.3 is 0 Å². The number of aryl methyl sites for hydroxylation is 1. The third-order valence-corrected chi connectivity index (χ3v) is 3.78. The van der Waals surface area contributed by atoms with Crippen LogP contribution in [0.5, 0.6) is 5.88 Å². The summed E-state index contributed by atoms with van der Waals surface area (Å²) in [5.41, 5.74) is 4.76. The van der Waals surface area contributed by atoms with E-state index in [-0.39, 0.29) is 11.8 Å². The lowest BCUT2D eigenvalue weighted by Gasteiger charge is -2.05. The molecule has 0 aliphatic carbocycles. The minimum Gasteiger partial charge on any atom is -0.493 e. The van der Waals surface area contributed by atoms with Crippen LogP contribution in [0, 0.1) is 6.92 Å². The molecule has 0 saturated carbocycles. The summed E-state index contributed by atoms with van der Waals surface area (Å²) >= 11 is 0. The van der Waals surface area contributed by atoms with E-state index < -0.39 is 0 Å². The molecule has 1 N–H and O–H groups in total. The van der Waals surface area contributed by atoms with Gasteiger partial charge in [-0.3, -0.25) is 0 Å². The van der Waals surface area contributed by atoms with Crippen LogP contribution in [0.1, 0.15) is 31.0 Å². The van der Waals surface area contributed by atoms with E-state index in [0.29, 0.717) is 0 Å². The van der Waals surface area contributed by atoms with Gasteiger partial charge in [-0.05, 0) is 30.5 Å². The molecule has 0 unspecified atom stereocenters. The molecule has 3 rings (SSSR count). The van der Waals surface area contributed by atoms with Crippen LogP contribution in [0.15, 0.2) is 54.6 Å². The van der Waals surface area contributed by atoms with Gasteiger partial charge in [-0.15, -0.1) is 0 Å². The maximum absolute atomic E-state index is 10.7. The summed E-state index contributed by atoms with van der Waals surface area (Å²) < 4.78 is 1.62. The lowest BCUT2D eigenvalue weighted by Crippen LogP contribution is -1.97. The first kappa shape index (κ1) is 14.4. The fraction of sp³-hybridized carbons (Fsp3) is 0.211. The van der Waals surface area contributed by atoms with Crippen molar-refractivity contribution in [2.75, 3.05) is 0 Å². The standard InChI is InChI=1S/C19H20N2O/c1-13(2)18-17(15-7-5-4-6-8-15)19(22)21(20-18)16-11-9-14(3)10-12-16/h4-13,22H,1-3H3. The predicted molar refractivity (Wildman–Crippen MR) is 89.5 cm³/mol. The van der Waals surface area contributed by atoms with Gasteiger partial charge in [0, 0.05) is 0 Å². The van der Waals surface area contributed by atoms with E-state index in [4.69, 9.17) is 0 Å². The smallest absolute Gasteiger partial charge is 0.222 e. The lowest BCUT2D eigenvalue weighted by atomic mass is 10.00. The first-order chi connectivity index (χ1) is 10.6. The Morgan fingerprint density at radius 3 is 2.18 bits per heavy atom. The second kappa shape index (κ2) is 5.68. The average molecular weight is 292 g/mol. The molecule has 3 heteroatoms. The molecule has 2 aromatic carbocycles. The van der Waals surface area contributed by atoms with E-state index >= 15 is 0 Å². The molecule has 0 aliphatic heterocycles. The van der Waals surface area contributed by atoms with E-state index in [0.717, 1.165) is 22.5 Å². The van der Waals surface area contributed by atoms with Crippen molar-refractivity contribution in [3.8, 4) is 22.7 Å². The number of aromatic hydroxyl groups is 1. The maximum Gasteiger partial charge on any atom is 0.222 e. The van der Waals surface area contributed by atoms with E-state index in [2.05, 4.69) is 18.9 Å². The molecular weight excluding hydrogens is 272 g/mol. The molecule has 0 fully saturated rings. The first-order valence-electron chi connectivity index (χ1n) is 7.52. The number of aromatic nitrogens is 2. The molecular formula is C19H20N2O. The third-order valence-electron chi connectivity index (χ3n) is 3.78. The number of rotatable bonds is 3. The fourth-order valence-corrected chi connectivity index (χ4v) is 2.58. The Morgan fingerprint density at radius 2 is 1.59 bits per heavy atom. The second-order valence-corrected chi connectivity index (χ2v) is 5.85. The zero-order valence-corrected chi connectivity index (χ0v) is 13.1. The highest BCUT2D eigenvalue weighted by Crippen LogP contribution is 2.37. The van der Waals surface area contributed by atoms with E-state index in [1.54, 1.807) is 4.68 Å². The van der Waals surface area contributed by atoms with Gasteiger partial charge in [-0.1, -0.05) is 61.9 Å². The monoisotopic (exact) mass is 292 g/mol. The van der Waals surface area contributed by atoms with E-state index in [1.165, 1.54) is 5.56 Å². The van der Waals surface area contributed by atoms with Crippen LogP contribution in [0.25, 0.3) is 16.8 Å². The third kappa shape index (κ3) is 2.50. The van der Waals surface area contributed by atoms with Crippen molar-refractivity contribution in [1.82, 2.24) is 9.78 Å². The lowest BCUT2D eigenvalue weighted by molar-refractivity contribution is 0.435. The molecule has 0 aliphatic rings. The van der Waals surface area contributed by atoms with Gasteiger partial charge < -0.3 is 5.11 Å². The summed E-state index contributed by atoms with van der Waals surface area (Å²) in [4.78, 5) is 0. The molecule has 0 saturated heterocycles. The van der Waals surface area contributed by atoms with Crippen molar-refractivity contribution in [1.29, 1.82) is 0 Å². The summed E-state index contributed by atoms with van der Waals surface area (Å²) in [7, 11) is 0. The molecule has 112 valence electrons. The van der Waals surface area contributed by atoms with Crippen molar-refractivity contribution in [3.05, 3.63) is 65.9 Å². The van der Waals surface area contributed by atoms with Crippen LogP contribution in [-0.4, -0.2) is 14.9 Å². The molecule has 0 spiro atoms. The predicted octanol–water partition coefficient (Wildman–Crippen LogP) is 4.68. The molecule has 0 amide bonds. The summed E-state index contributed by atoms with van der Waals surface area (Å²) in [6, 6.07) is 17.9. The topological polar surface area (TPSA) is 38.0 Å². The number of hydrogen-bond acceptors (Lipinski definition) is 2. The SMILES string of the molecule is Cc1ccc(-n2nc(C(C)C)c(-c3ccccc3)c2O)cc1. The summed E-state index contributed by atoms with van der Waals surface area (Å²) in [6.07, 6.45) is 0. The Labute approximate surface area is 130 Å². The Kier molecular flexibility index (Phi) is 3.72. The van der Waals surface area contributed by atoms with Gasteiger partial charge in [0.25, 0.3) is 0 Å². The highest BCUT2D eigenvalue weighted by Gasteiger charge is 2.21. The molecule has 22 heavy (non-hydrogen) atoms. The maximum atomic E-state index is 10.7. The molecule has 3 nitrogen and oxygen atoms in total. The molecule has 1 heterocycles. The summed E-state index contributed by atoms with van der Waals surface area (Å²) in [6.45, 7) is 6.23. The van der Waals surface area contributed by atoms with Crippen molar-refractivity contribution in [2.45, 2.75) is 26.7 Å². The molecule has 3 aromatic rings. The average Bonchev–Trinajstić information content (AvgIpc) is 2.87. The normalized spacial score (nSPS) is 11.1. The Hall–Kier alpha value is -2.55. The van der Waals surface area contributed by atoms with Crippen molar-refractivity contribution in [3.63, 3.8) is 0 Å². The quantitative estimate of drug-likeness (QED) is 0.761. The Bertz CT molecular complexity index is 771. The highest BCUT2D eigenvalue weighted by atomic mass is 16.3. The molecule has 1 aromatic heterocycles. The van der Waals surface area contributed by atoms with Crippen LogP contribution >= 0.6 is 0 Å². The molecule has 0 bridgehead atoms. The van der Waals surface area contributed by atoms with Crippen molar-refractivity contribution in [2.24, 2.45) is 0 Å². The van der Waals surface area contributed by atoms with Crippen molar-refractivity contribution >= 4 is 0 Å². The summed E-state index contributed by atoms with van der Waals surface area (Å²) in [5, 5.41) is 15.4. The van der Waals surface area contributed by atoms with E-state index in [9.17, 15) is 5.11 Å². The molecule has 0 radical (unpaired) electrons. The minimum absolute atomic E-state index is 0.193. The van der Waals surface area contributed by atoms with Gasteiger partial charge in [-0.2, -0.15) is 5.10 Å². The fourth-order valence-electron chi connectivity index (χ4n) is 2.58. The van der Waals surface area contributed by atoms with Gasteiger partial charge in [0.05, 0.1) is 16.9 Å². The number of nitrogens with zero attached hydrogens (tertiary/aromatic N) is 2. The number of benzene rings is 2. The van der Waals surface area contributed by atoms with Gasteiger partial charge in [0.1, 0.15) is 0 Å². The largest absolute Gasteiger partial charge is 0.493 e. The van der Waals surface area contributed by atoms with Crippen LogP contribution in [0.3, 0.4) is 0 Å². The zero-order chi connectivity index (χ0) is 15.7. The van der Waals surface area contributed by atoms with Crippen LogP contribution in [-0.2, 0) is 0 Å². The van der Waals surface area contributed by atoms with Crippen molar-refractivity contribution < 1.29 is 5.11 Å². The Balaban J connectivity index is 2.20. The van der Waals surface area contributed by atoms with Gasteiger partial charge in [0.15, 0.2) is 0 Å². The highest BCUT2D eigenvalue weighted by molar-refractivity contribution is 5.72. The zero-order valence-electron chi connectivity index (χ0n) is 13.1. The number of hydrogen-bond donors (Lipinski definition) is 1.